The molecule has 1 fully saturated rings. The summed E-state index contributed by atoms with van der Waals surface area (Å²) in [7, 11) is 0.379. The van der Waals surface area contributed by atoms with E-state index >= 15 is 0 Å². The van der Waals surface area contributed by atoms with Gasteiger partial charge in [-0.05, 0) is 33.9 Å². The zero-order valence-electron chi connectivity index (χ0n) is 14.4. The average molecular weight is 321 g/mol. The number of piperazine rings is 1. The molecule has 0 atom stereocenters. The van der Waals surface area contributed by atoms with Gasteiger partial charge in [-0.2, -0.15) is 17.0 Å². The lowest BCUT2D eigenvalue weighted by molar-refractivity contribution is 0.0773. The summed E-state index contributed by atoms with van der Waals surface area (Å²) in [4.78, 5) is 2.21. The molecule has 0 spiro atoms. The van der Waals surface area contributed by atoms with Gasteiger partial charge in [-0.25, -0.2) is 0 Å². The van der Waals surface area contributed by atoms with Crippen LogP contribution >= 0.6 is 0 Å². The minimum atomic E-state index is -3.34. The van der Waals surface area contributed by atoms with Gasteiger partial charge in [0.25, 0.3) is 10.2 Å². The molecule has 0 radical (unpaired) electrons. The Morgan fingerprint density at radius 2 is 1.90 bits per heavy atom. The topological polar surface area (TPSA) is 55.9 Å². The molecule has 0 bridgehead atoms. The number of nitrogens with zero attached hydrogens (tertiary/aromatic N) is 3. The van der Waals surface area contributed by atoms with E-state index in [9.17, 15) is 8.42 Å². The zero-order valence-corrected chi connectivity index (χ0v) is 15.2. The highest BCUT2D eigenvalue weighted by Crippen LogP contribution is 2.22. The largest absolute Gasteiger partial charge is 0.314 e. The molecular weight excluding hydrogens is 288 g/mol. The van der Waals surface area contributed by atoms with E-state index in [2.05, 4.69) is 37.9 Å². The van der Waals surface area contributed by atoms with Crippen LogP contribution in [0.25, 0.3) is 0 Å². The van der Waals surface area contributed by atoms with Gasteiger partial charge in [0.2, 0.25) is 0 Å². The Kier molecular flexibility index (Phi) is 6.61. The maximum absolute atomic E-state index is 12.6. The monoisotopic (exact) mass is 320 g/mol. The van der Waals surface area contributed by atoms with Crippen LogP contribution in [0.1, 0.15) is 34.1 Å². The van der Waals surface area contributed by atoms with E-state index < -0.39 is 10.2 Å². The molecule has 0 aromatic heterocycles. The molecule has 1 aliphatic heterocycles. The van der Waals surface area contributed by atoms with Crippen molar-refractivity contribution in [3.63, 3.8) is 0 Å². The third-order valence-electron chi connectivity index (χ3n) is 4.20. The van der Waals surface area contributed by atoms with Gasteiger partial charge < -0.3 is 5.32 Å². The van der Waals surface area contributed by atoms with Crippen molar-refractivity contribution in [3.05, 3.63) is 0 Å². The Hall–Kier alpha value is -0.210. The summed E-state index contributed by atoms with van der Waals surface area (Å²) in [6.45, 7) is 11.6. The normalized spacial score (nSPS) is 21.3. The van der Waals surface area contributed by atoms with E-state index in [1.807, 2.05) is 7.05 Å². The highest BCUT2D eigenvalue weighted by atomic mass is 32.2. The van der Waals surface area contributed by atoms with Crippen molar-refractivity contribution in [2.24, 2.45) is 0 Å². The molecule has 1 aliphatic rings. The predicted molar refractivity (Wildman–Crippen MR) is 87.6 cm³/mol. The number of hydrogen-bond donors (Lipinski definition) is 1. The van der Waals surface area contributed by atoms with E-state index in [0.29, 0.717) is 25.7 Å². The van der Waals surface area contributed by atoms with Crippen molar-refractivity contribution < 1.29 is 8.42 Å². The van der Waals surface area contributed by atoms with Gasteiger partial charge in [-0.1, -0.05) is 13.8 Å². The van der Waals surface area contributed by atoms with Crippen molar-refractivity contribution in [1.82, 2.24) is 18.8 Å². The molecule has 0 aliphatic carbocycles. The fourth-order valence-corrected chi connectivity index (χ4v) is 3.94. The Morgan fingerprint density at radius 3 is 2.43 bits per heavy atom. The van der Waals surface area contributed by atoms with Crippen molar-refractivity contribution >= 4 is 10.2 Å². The van der Waals surface area contributed by atoms with Crippen molar-refractivity contribution in [2.45, 2.75) is 45.7 Å². The lowest BCUT2D eigenvalue weighted by Crippen LogP contribution is -2.60. The average Bonchev–Trinajstić information content (AvgIpc) is 2.37. The molecule has 6 nitrogen and oxygen atoms in total. The second-order valence-electron chi connectivity index (χ2n) is 6.86. The molecule has 1 heterocycles. The quantitative estimate of drug-likeness (QED) is 0.697. The summed E-state index contributed by atoms with van der Waals surface area (Å²) in [6.07, 6.45) is 0.824. The van der Waals surface area contributed by atoms with Crippen LogP contribution in [-0.2, 0) is 10.2 Å². The summed E-state index contributed by atoms with van der Waals surface area (Å²) >= 11 is 0. The summed E-state index contributed by atoms with van der Waals surface area (Å²) in [5, 5.41) is 3.31. The second-order valence-corrected chi connectivity index (χ2v) is 8.89. The standard InChI is InChI=1S/C14H32N4O2S/c1-13(2)15-8-7-9-17(6)21(19,20)18-11-10-16(5)14(3,4)12-18/h13,15H,7-12H2,1-6H3. The van der Waals surface area contributed by atoms with Crippen LogP contribution in [0, 0.1) is 0 Å². The van der Waals surface area contributed by atoms with E-state index in [1.54, 1.807) is 11.4 Å². The van der Waals surface area contributed by atoms with E-state index in [-0.39, 0.29) is 5.54 Å². The van der Waals surface area contributed by atoms with Crippen LogP contribution < -0.4 is 5.32 Å². The van der Waals surface area contributed by atoms with Gasteiger partial charge in [0, 0.05) is 44.8 Å². The third kappa shape index (κ3) is 5.17. The van der Waals surface area contributed by atoms with Crippen molar-refractivity contribution in [2.75, 3.05) is 46.8 Å². The van der Waals surface area contributed by atoms with Gasteiger partial charge in [-0.15, -0.1) is 0 Å². The SMILES string of the molecule is CC(C)NCCCN(C)S(=O)(=O)N1CCN(C)C(C)(C)C1. The van der Waals surface area contributed by atoms with E-state index in [4.69, 9.17) is 0 Å². The molecule has 1 rings (SSSR count). The van der Waals surface area contributed by atoms with Gasteiger partial charge >= 0.3 is 0 Å². The maximum Gasteiger partial charge on any atom is 0.281 e. The Balaban J connectivity index is 2.56. The highest BCUT2D eigenvalue weighted by Gasteiger charge is 2.37. The van der Waals surface area contributed by atoms with Crippen LogP contribution in [0.15, 0.2) is 0 Å². The Bertz CT molecular complexity index is 423. The molecule has 0 aromatic rings. The first-order valence-electron chi connectivity index (χ1n) is 7.73. The number of likely N-dealkylation sites (N-methyl/N-ethyl adjacent to an activating group) is 1. The summed E-state index contributed by atoms with van der Waals surface area (Å²) in [5.74, 6) is 0. The fourth-order valence-electron chi connectivity index (χ4n) is 2.40. The maximum atomic E-state index is 12.6. The van der Waals surface area contributed by atoms with Crippen LogP contribution in [0.3, 0.4) is 0 Å². The number of nitrogens with one attached hydrogen (secondary N) is 1. The smallest absolute Gasteiger partial charge is 0.281 e. The van der Waals surface area contributed by atoms with E-state index in [1.165, 1.54) is 4.31 Å². The first-order valence-corrected chi connectivity index (χ1v) is 9.13. The summed E-state index contributed by atoms with van der Waals surface area (Å²) < 4.78 is 28.3. The van der Waals surface area contributed by atoms with Gasteiger partial charge in [0.15, 0.2) is 0 Å². The first kappa shape index (κ1) is 18.8. The molecular formula is C14H32N4O2S. The molecule has 126 valence electrons. The minimum Gasteiger partial charge on any atom is -0.314 e. The van der Waals surface area contributed by atoms with E-state index in [0.717, 1.165) is 19.5 Å². The van der Waals surface area contributed by atoms with Gasteiger partial charge in [0.1, 0.15) is 0 Å². The van der Waals surface area contributed by atoms with Crippen LogP contribution in [-0.4, -0.2) is 80.3 Å². The molecule has 0 unspecified atom stereocenters. The molecule has 0 amide bonds. The molecule has 1 N–H and O–H groups in total. The highest BCUT2D eigenvalue weighted by molar-refractivity contribution is 7.86. The van der Waals surface area contributed by atoms with Crippen molar-refractivity contribution in [3.8, 4) is 0 Å². The molecule has 1 saturated heterocycles. The molecule has 21 heavy (non-hydrogen) atoms. The lowest BCUT2D eigenvalue weighted by atomic mass is 10.0. The second kappa shape index (κ2) is 7.37. The predicted octanol–water partition coefficient (Wildman–Crippen LogP) is 0.577. The Labute approximate surface area is 130 Å². The number of hydrogen-bond acceptors (Lipinski definition) is 4. The van der Waals surface area contributed by atoms with Crippen LogP contribution in [0.5, 0.6) is 0 Å². The summed E-state index contributed by atoms with van der Waals surface area (Å²) in [6, 6.07) is 0.436. The molecule has 0 saturated carbocycles. The zero-order chi connectivity index (χ0) is 16.3. The van der Waals surface area contributed by atoms with Gasteiger partial charge in [-0.3, -0.25) is 4.90 Å². The van der Waals surface area contributed by atoms with Crippen molar-refractivity contribution in [1.29, 1.82) is 0 Å². The van der Waals surface area contributed by atoms with Gasteiger partial charge in [0.05, 0.1) is 0 Å². The fraction of sp³-hybridized carbons (Fsp3) is 1.00. The number of rotatable bonds is 7. The summed E-state index contributed by atoms with van der Waals surface area (Å²) in [5.41, 5.74) is -0.120. The lowest BCUT2D eigenvalue weighted by Gasteiger charge is -2.45. The van der Waals surface area contributed by atoms with Crippen LogP contribution in [0.4, 0.5) is 0 Å². The molecule has 7 heteroatoms. The molecule has 0 aromatic carbocycles. The minimum absolute atomic E-state index is 0.120. The Morgan fingerprint density at radius 1 is 1.29 bits per heavy atom. The van der Waals surface area contributed by atoms with Crippen LogP contribution in [0.2, 0.25) is 0 Å². The first-order chi connectivity index (χ1) is 9.57. The third-order valence-corrected chi connectivity index (χ3v) is 6.14.